The molecule has 44 heavy (non-hydrogen) atoms. The molecule has 2 amide bonds. The number of nitrogens with one attached hydrogen (secondary N) is 1. The van der Waals surface area contributed by atoms with Gasteiger partial charge < -0.3 is 10.2 Å². The number of hydrogen-bond acceptors (Lipinski definition) is 4. The van der Waals surface area contributed by atoms with E-state index in [1.807, 2.05) is 94.4 Å². The van der Waals surface area contributed by atoms with E-state index in [-0.39, 0.29) is 23.8 Å². The van der Waals surface area contributed by atoms with Crippen LogP contribution in [0.25, 0.3) is 0 Å². The maximum atomic E-state index is 14.5. The Hall–Kier alpha value is -4.43. The maximum absolute atomic E-state index is 14.5. The minimum atomic E-state index is -4.13. The van der Waals surface area contributed by atoms with Gasteiger partial charge in [0.15, 0.2) is 0 Å². The minimum absolute atomic E-state index is 0.0865. The van der Waals surface area contributed by atoms with Crippen LogP contribution in [0.3, 0.4) is 0 Å². The first kappa shape index (κ1) is 32.5. The summed E-state index contributed by atoms with van der Waals surface area (Å²) in [5, 5.41) is 2.98. The van der Waals surface area contributed by atoms with Crippen LogP contribution in [0.2, 0.25) is 0 Å². The molecular weight excluding hydrogens is 570 g/mol. The number of carbonyl (C=O) groups excluding carboxylic acids is 2. The fourth-order valence-electron chi connectivity index (χ4n) is 4.97. The van der Waals surface area contributed by atoms with Crippen LogP contribution in [0.1, 0.15) is 41.2 Å². The number of sulfonamides is 1. The van der Waals surface area contributed by atoms with E-state index in [2.05, 4.69) is 5.32 Å². The van der Waals surface area contributed by atoms with Crippen LogP contribution in [0.4, 0.5) is 5.69 Å². The molecule has 0 fully saturated rings. The lowest BCUT2D eigenvalue weighted by molar-refractivity contribution is -0.140. The largest absolute Gasteiger partial charge is 0.354 e. The van der Waals surface area contributed by atoms with Gasteiger partial charge in [0.2, 0.25) is 11.8 Å². The van der Waals surface area contributed by atoms with Gasteiger partial charge in [-0.2, -0.15) is 0 Å². The first-order chi connectivity index (χ1) is 21.1. The van der Waals surface area contributed by atoms with Crippen molar-refractivity contribution in [3.05, 3.63) is 131 Å². The highest BCUT2D eigenvalue weighted by Gasteiger charge is 2.34. The second-order valence-corrected chi connectivity index (χ2v) is 13.0. The number of rotatable bonds is 13. The van der Waals surface area contributed by atoms with Crippen LogP contribution < -0.4 is 9.62 Å². The Bertz CT molecular complexity index is 1650. The quantitative estimate of drug-likeness (QED) is 0.202. The third-order valence-electron chi connectivity index (χ3n) is 7.63. The van der Waals surface area contributed by atoms with E-state index in [9.17, 15) is 18.0 Å². The lowest BCUT2D eigenvalue weighted by Gasteiger charge is -2.34. The summed E-state index contributed by atoms with van der Waals surface area (Å²) in [6.45, 7) is 7.87. The van der Waals surface area contributed by atoms with Crippen LogP contribution in [-0.2, 0) is 32.6 Å². The summed E-state index contributed by atoms with van der Waals surface area (Å²) in [5.74, 6) is -0.752. The van der Waals surface area contributed by atoms with E-state index in [1.165, 1.54) is 4.90 Å². The number of anilines is 1. The molecule has 0 aliphatic carbocycles. The van der Waals surface area contributed by atoms with Crippen LogP contribution in [0.5, 0.6) is 0 Å². The summed E-state index contributed by atoms with van der Waals surface area (Å²) >= 11 is 0. The number of nitrogens with zero attached hydrogens (tertiary/aromatic N) is 2. The van der Waals surface area contributed by atoms with E-state index in [0.717, 1.165) is 38.5 Å². The van der Waals surface area contributed by atoms with Gasteiger partial charge in [-0.25, -0.2) is 8.42 Å². The Labute approximate surface area is 261 Å². The maximum Gasteiger partial charge on any atom is 0.264 e. The molecule has 0 saturated carbocycles. The zero-order valence-electron chi connectivity index (χ0n) is 25.9. The zero-order valence-corrected chi connectivity index (χ0v) is 26.7. The molecule has 0 spiro atoms. The monoisotopic (exact) mass is 611 g/mol. The molecule has 0 saturated heterocycles. The molecule has 0 bridgehead atoms. The molecule has 4 aromatic rings. The van der Waals surface area contributed by atoms with Crippen molar-refractivity contribution in [1.82, 2.24) is 10.2 Å². The van der Waals surface area contributed by atoms with Crippen molar-refractivity contribution < 1.29 is 18.0 Å². The summed E-state index contributed by atoms with van der Waals surface area (Å²) in [6, 6.07) is 30.0. The van der Waals surface area contributed by atoms with E-state index < -0.39 is 28.5 Å². The van der Waals surface area contributed by atoms with Crippen molar-refractivity contribution in [2.45, 2.75) is 58.0 Å². The molecule has 0 aliphatic heterocycles. The number of benzene rings is 4. The van der Waals surface area contributed by atoms with Crippen molar-refractivity contribution in [3.63, 3.8) is 0 Å². The highest BCUT2D eigenvalue weighted by molar-refractivity contribution is 7.92. The summed E-state index contributed by atoms with van der Waals surface area (Å²) < 4.78 is 29.4. The third kappa shape index (κ3) is 8.14. The van der Waals surface area contributed by atoms with E-state index in [0.29, 0.717) is 12.2 Å². The fraction of sp³-hybridized carbons (Fsp3) is 0.278. The van der Waals surface area contributed by atoms with Gasteiger partial charge >= 0.3 is 0 Å². The first-order valence-corrected chi connectivity index (χ1v) is 16.4. The van der Waals surface area contributed by atoms with Crippen molar-refractivity contribution in [2.24, 2.45) is 0 Å². The highest BCUT2D eigenvalue weighted by Crippen LogP contribution is 2.26. The number of aryl methyl sites for hydroxylation is 3. The van der Waals surface area contributed by atoms with E-state index in [4.69, 9.17) is 0 Å². The minimum Gasteiger partial charge on any atom is -0.354 e. The molecule has 8 heteroatoms. The number of hydrogen-bond donors (Lipinski definition) is 1. The summed E-state index contributed by atoms with van der Waals surface area (Å²) in [6.07, 6.45) is 1.02. The normalized spacial score (nSPS) is 11.9. The molecule has 0 aliphatic rings. The number of carbonyl (C=O) groups is 2. The number of amides is 2. The predicted octanol–water partition coefficient (Wildman–Crippen LogP) is 5.97. The standard InChI is InChI=1S/C36H41N3O4S/c1-5-23-37-36(41)34(24-30-12-7-6-8-13-30)38(25-31-14-10-9-11-29(31)4)35(40)26-39(32-19-15-27(2)16-20-32)44(42,43)33-21-17-28(3)18-22-33/h6-22,34H,5,23-26H2,1-4H3,(H,37,41)/t34-/m0/s1. The molecular formula is C36H41N3O4S. The average Bonchev–Trinajstić information content (AvgIpc) is 3.02. The van der Waals surface area contributed by atoms with Gasteiger partial charge in [0.25, 0.3) is 10.0 Å². The van der Waals surface area contributed by atoms with Gasteiger partial charge in [-0.3, -0.25) is 13.9 Å². The van der Waals surface area contributed by atoms with Gasteiger partial charge in [-0.1, -0.05) is 96.9 Å². The molecule has 0 unspecified atom stereocenters. The molecule has 7 nitrogen and oxygen atoms in total. The molecule has 4 rings (SSSR count). The Morgan fingerprint density at radius 2 is 1.36 bits per heavy atom. The first-order valence-electron chi connectivity index (χ1n) is 14.9. The van der Waals surface area contributed by atoms with Gasteiger partial charge in [0.1, 0.15) is 12.6 Å². The van der Waals surface area contributed by atoms with Crippen molar-refractivity contribution in [2.75, 3.05) is 17.4 Å². The van der Waals surface area contributed by atoms with Crippen molar-refractivity contribution in [1.29, 1.82) is 0 Å². The average molecular weight is 612 g/mol. The van der Waals surface area contributed by atoms with Crippen molar-refractivity contribution in [3.8, 4) is 0 Å². The third-order valence-corrected chi connectivity index (χ3v) is 9.42. The second-order valence-electron chi connectivity index (χ2n) is 11.1. The Kier molecular flexibility index (Phi) is 11.0. The fourth-order valence-corrected chi connectivity index (χ4v) is 6.38. The SMILES string of the molecule is CCCNC(=O)[C@H](Cc1ccccc1)N(Cc1ccccc1C)C(=O)CN(c1ccc(C)cc1)S(=O)(=O)c1ccc(C)cc1. The van der Waals surface area contributed by atoms with Crippen LogP contribution >= 0.6 is 0 Å². The second kappa shape index (κ2) is 14.8. The Morgan fingerprint density at radius 1 is 0.773 bits per heavy atom. The topological polar surface area (TPSA) is 86.8 Å². The molecule has 1 N–H and O–H groups in total. The Balaban J connectivity index is 1.80. The molecule has 0 radical (unpaired) electrons. The molecule has 0 aromatic heterocycles. The van der Waals surface area contributed by atoms with E-state index in [1.54, 1.807) is 36.4 Å². The van der Waals surface area contributed by atoms with Gasteiger partial charge in [0.05, 0.1) is 10.6 Å². The summed E-state index contributed by atoms with van der Waals surface area (Å²) in [4.78, 5) is 29.8. The lowest BCUT2D eigenvalue weighted by Crippen LogP contribution is -2.53. The lowest BCUT2D eigenvalue weighted by atomic mass is 10.0. The van der Waals surface area contributed by atoms with Crippen LogP contribution in [0, 0.1) is 20.8 Å². The van der Waals surface area contributed by atoms with Gasteiger partial charge in [-0.15, -0.1) is 0 Å². The molecule has 0 heterocycles. The summed E-state index contributed by atoms with van der Waals surface area (Å²) in [5.41, 5.74) is 5.01. The van der Waals surface area contributed by atoms with Gasteiger partial charge in [0, 0.05) is 19.5 Å². The van der Waals surface area contributed by atoms with Crippen molar-refractivity contribution >= 4 is 27.5 Å². The van der Waals surface area contributed by atoms with Crippen LogP contribution in [-0.4, -0.2) is 44.3 Å². The molecule has 4 aromatic carbocycles. The summed E-state index contributed by atoms with van der Waals surface area (Å²) in [7, 11) is -4.13. The smallest absolute Gasteiger partial charge is 0.264 e. The van der Waals surface area contributed by atoms with E-state index >= 15 is 0 Å². The Morgan fingerprint density at radius 3 is 1.98 bits per heavy atom. The highest BCUT2D eigenvalue weighted by atomic mass is 32.2. The van der Waals surface area contributed by atoms with Crippen LogP contribution in [0.15, 0.2) is 108 Å². The molecule has 1 atom stereocenters. The predicted molar refractivity (Wildman–Crippen MR) is 176 cm³/mol. The van der Waals surface area contributed by atoms with Gasteiger partial charge in [-0.05, 0) is 68.1 Å². The zero-order chi connectivity index (χ0) is 31.7. The molecule has 230 valence electrons.